The van der Waals surface area contributed by atoms with Crippen molar-refractivity contribution in [1.82, 2.24) is 0 Å². The molecule has 0 aliphatic carbocycles. The standard InChI is InChI=1S/C11H12ClNO4/c1-17-5-4-10(14)13-7-2-3-8(11(15)16)9(12)6-7/h2-3,6H,4-5H2,1H3,(H,13,14)(H,15,16). The lowest BCUT2D eigenvalue weighted by molar-refractivity contribution is -0.117. The fourth-order valence-corrected chi connectivity index (χ4v) is 1.45. The zero-order valence-corrected chi connectivity index (χ0v) is 9.95. The molecule has 0 aromatic heterocycles. The van der Waals surface area contributed by atoms with E-state index in [-0.39, 0.29) is 22.9 Å². The predicted octanol–water partition coefficient (Wildman–Crippen LogP) is 2.01. The normalized spacial score (nSPS) is 10.0. The molecule has 0 radical (unpaired) electrons. The maximum atomic E-state index is 11.4. The van der Waals surface area contributed by atoms with Gasteiger partial charge in [0.1, 0.15) is 0 Å². The Kier molecular flexibility index (Phi) is 4.93. The first kappa shape index (κ1) is 13.5. The Balaban J connectivity index is 2.70. The minimum Gasteiger partial charge on any atom is -0.478 e. The Morgan fingerprint density at radius 1 is 1.47 bits per heavy atom. The number of benzene rings is 1. The molecule has 92 valence electrons. The van der Waals surface area contributed by atoms with Crippen molar-refractivity contribution in [2.45, 2.75) is 6.42 Å². The molecule has 17 heavy (non-hydrogen) atoms. The first-order chi connectivity index (χ1) is 8.04. The smallest absolute Gasteiger partial charge is 0.337 e. The van der Waals surface area contributed by atoms with Crippen molar-refractivity contribution in [3.05, 3.63) is 28.8 Å². The third kappa shape index (κ3) is 4.05. The van der Waals surface area contributed by atoms with Crippen LogP contribution in [0.2, 0.25) is 5.02 Å². The summed E-state index contributed by atoms with van der Waals surface area (Å²) in [6.45, 7) is 0.326. The van der Waals surface area contributed by atoms with Crippen molar-refractivity contribution >= 4 is 29.2 Å². The molecule has 1 rings (SSSR count). The zero-order valence-electron chi connectivity index (χ0n) is 9.20. The second kappa shape index (κ2) is 6.22. The summed E-state index contributed by atoms with van der Waals surface area (Å²) in [4.78, 5) is 22.1. The molecule has 0 heterocycles. The highest BCUT2D eigenvalue weighted by atomic mass is 35.5. The SMILES string of the molecule is COCCC(=O)Nc1ccc(C(=O)O)c(Cl)c1. The molecule has 0 saturated heterocycles. The van der Waals surface area contributed by atoms with Crippen molar-refractivity contribution < 1.29 is 19.4 Å². The Hall–Kier alpha value is -1.59. The average molecular weight is 258 g/mol. The molecule has 5 nitrogen and oxygen atoms in total. The highest BCUT2D eigenvalue weighted by Gasteiger charge is 2.09. The van der Waals surface area contributed by atoms with E-state index in [4.69, 9.17) is 21.4 Å². The van der Waals surface area contributed by atoms with E-state index in [0.717, 1.165) is 0 Å². The van der Waals surface area contributed by atoms with Gasteiger partial charge in [0.2, 0.25) is 5.91 Å². The molecule has 0 atom stereocenters. The van der Waals surface area contributed by atoms with E-state index in [1.807, 2.05) is 0 Å². The highest BCUT2D eigenvalue weighted by Crippen LogP contribution is 2.21. The summed E-state index contributed by atoms with van der Waals surface area (Å²) in [5.41, 5.74) is 0.461. The molecule has 0 spiro atoms. The number of halogens is 1. The summed E-state index contributed by atoms with van der Waals surface area (Å²) < 4.78 is 4.76. The summed E-state index contributed by atoms with van der Waals surface area (Å²) in [5, 5.41) is 11.4. The first-order valence-electron chi connectivity index (χ1n) is 4.86. The number of rotatable bonds is 5. The molecule has 0 aliphatic rings. The van der Waals surface area contributed by atoms with E-state index in [0.29, 0.717) is 12.3 Å². The van der Waals surface area contributed by atoms with E-state index >= 15 is 0 Å². The van der Waals surface area contributed by atoms with Gasteiger partial charge in [0.05, 0.1) is 23.6 Å². The highest BCUT2D eigenvalue weighted by molar-refractivity contribution is 6.33. The number of amides is 1. The number of methoxy groups -OCH3 is 1. The molecule has 6 heteroatoms. The fraction of sp³-hybridized carbons (Fsp3) is 0.273. The van der Waals surface area contributed by atoms with Crippen molar-refractivity contribution in [3.8, 4) is 0 Å². The molecule has 2 N–H and O–H groups in total. The molecule has 1 aromatic carbocycles. The second-order valence-corrected chi connectivity index (χ2v) is 3.70. The van der Waals surface area contributed by atoms with Crippen molar-refractivity contribution in [1.29, 1.82) is 0 Å². The van der Waals surface area contributed by atoms with Crippen LogP contribution in [0.1, 0.15) is 16.8 Å². The monoisotopic (exact) mass is 257 g/mol. The predicted molar refractivity (Wildman–Crippen MR) is 63.5 cm³/mol. The van der Waals surface area contributed by atoms with E-state index < -0.39 is 5.97 Å². The largest absolute Gasteiger partial charge is 0.478 e. The fourth-order valence-electron chi connectivity index (χ4n) is 1.18. The van der Waals surface area contributed by atoms with Crippen LogP contribution >= 0.6 is 11.6 Å². The van der Waals surface area contributed by atoms with Crippen LogP contribution in [0.4, 0.5) is 5.69 Å². The number of hydrogen-bond donors (Lipinski definition) is 2. The number of carbonyl (C=O) groups is 2. The van der Waals surface area contributed by atoms with Gasteiger partial charge in [-0.15, -0.1) is 0 Å². The van der Waals surface area contributed by atoms with Crippen LogP contribution in [0.3, 0.4) is 0 Å². The van der Waals surface area contributed by atoms with Gasteiger partial charge >= 0.3 is 5.97 Å². The molecule has 1 amide bonds. The Morgan fingerprint density at radius 3 is 2.71 bits per heavy atom. The van der Waals surface area contributed by atoms with Gasteiger partial charge in [0.25, 0.3) is 0 Å². The van der Waals surface area contributed by atoms with Gasteiger partial charge < -0.3 is 15.2 Å². The molecule has 0 bridgehead atoms. The lowest BCUT2D eigenvalue weighted by Crippen LogP contribution is -2.13. The number of anilines is 1. The first-order valence-corrected chi connectivity index (χ1v) is 5.24. The number of nitrogens with one attached hydrogen (secondary N) is 1. The van der Waals surface area contributed by atoms with E-state index in [2.05, 4.69) is 5.32 Å². The summed E-state index contributed by atoms with van der Waals surface area (Å²) in [6, 6.07) is 4.23. The van der Waals surface area contributed by atoms with Crippen LogP contribution in [0.15, 0.2) is 18.2 Å². The molecule has 0 saturated carbocycles. The summed E-state index contributed by atoms with van der Waals surface area (Å²) in [6.07, 6.45) is 0.231. The molecular formula is C11H12ClNO4. The third-order valence-electron chi connectivity index (χ3n) is 2.02. The lowest BCUT2D eigenvalue weighted by atomic mass is 10.2. The van der Waals surface area contributed by atoms with Crippen LogP contribution in [0.25, 0.3) is 0 Å². The minimum atomic E-state index is -1.10. The van der Waals surface area contributed by atoms with Crippen molar-refractivity contribution in [2.24, 2.45) is 0 Å². The van der Waals surface area contributed by atoms with Gasteiger partial charge in [-0.25, -0.2) is 4.79 Å². The number of carboxylic acid groups (broad SMARTS) is 1. The second-order valence-electron chi connectivity index (χ2n) is 3.29. The topological polar surface area (TPSA) is 75.6 Å². The molecule has 0 aliphatic heterocycles. The van der Waals surface area contributed by atoms with Gasteiger partial charge in [-0.3, -0.25) is 4.79 Å². The van der Waals surface area contributed by atoms with Gasteiger partial charge in [0.15, 0.2) is 0 Å². The third-order valence-corrected chi connectivity index (χ3v) is 2.33. The molecule has 1 aromatic rings. The van der Waals surface area contributed by atoms with E-state index in [9.17, 15) is 9.59 Å². The summed E-state index contributed by atoms with van der Waals surface area (Å²) in [7, 11) is 1.51. The van der Waals surface area contributed by atoms with E-state index in [1.54, 1.807) is 0 Å². The lowest BCUT2D eigenvalue weighted by Gasteiger charge is -2.06. The quantitative estimate of drug-likeness (QED) is 0.846. The maximum absolute atomic E-state index is 11.4. The number of hydrogen-bond acceptors (Lipinski definition) is 3. The van der Waals surface area contributed by atoms with Crippen LogP contribution in [0.5, 0.6) is 0 Å². The Labute approximate surface area is 103 Å². The number of carbonyl (C=O) groups excluding carboxylic acids is 1. The number of ether oxygens (including phenoxy) is 1. The maximum Gasteiger partial charge on any atom is 0.337 e. The molecular weight excluding hydrogens is 246 g/mol. The van der Waals surface area contributed by atoms with E-state index in [1.165, 1.54) is 25.3 Å². The van der Waals surface area contributed by atoms with Crippen molar-refractivity contribution in [3.63, 3.8) is 0 Å². The van der Waals surface area contributed by atoms with Crippen LogP contribution in [-0.2, 0) is 9.53 Å². The Bertz CT molecular complexity index is 433. The Morgan fingerprint density at radius 2 is 2.18 bits per heavy atom. The van der Waals surface area contributed by atoms with Gasteiger partial charge in [-0.05, 0) is 18.2 Å². The van der Waals surface area contributed by atoms with Crippen LogP contribution in [0, 0.1) is 0 Å². The minimum absolute atomic E-state index is 0.00144. The van der Waals surface area contributed by atoms with Crippen LogP contribution < -0.4 is 5.32 Å². The average Bonchev–Trinajstić information content (AvgIpc) is 2.26. The van der Waals surface area contributed by atoms with Gasteiger partial charge in [-0.2, -0.15) is 0 Å². The molecule has 0 fully saturated rings. The van der Waals surface area contributed by atoms with Gasteiger partial charge in [0, 0.05) is 12.8 Å². The van der Waals surface area contributed by atoms with Crippen LogP contribution in [-0.4, -0.2) is 30.7 Å². The van der Waals surface area contributed by atoms with Gasteiger partial charge in [-0.1, -0.05) is 11.6 Å². The molecule has 0 unspecified atom stereocenters. The number of aromatic carboxylic acids is 1. The summed E-state index contributed by atoms with van der Waals surface area (Å²) >= 11 is 5.76. The summed E-state index contributed by atoms with van der Waals surface area (Å²) in [5.74, 6) is -1.32. The van der Waals surface area contributed by atoms with Crippen molar-refractivity contribution in [2.75, 3.05) is 19.0 Å². The number of carboxylic acids is 1. The zero-order chi connectivity index (χ0) is 12.8.